The predicted molar refractivity (Wildman–Crippen MR) is 119 cm³/mol. The van der Waals surface area contributed by atoms with Crippen LogP contribution in [0.4, 0.5) is 13.2 Å². The Kier molecular flexibility index (Phi) is 6.63. The summed E-state index contributed by atoms with van der Waals surface area (Å²) in [5.41, 5.74) is 0.0407. The summed E-state index contributed by atoms with van der Waals surface area (Å²) in [6, 6.07) is 1.64. The average molecular weight is 482 g/mol. The summed E-state index contributed by atoms with van der Waals surface area (Å²) in [6.07, 6.45) is 2.58. The second-order valence-corrected chi connectivity index (χ2v) is 10.3. The summed E-state index contributed by atoms with van der Waals surface area (Å²) < 4.78 is 51.1. The van der Waals surface area contributed by atoms with Gasteiger partial charge in [-0.3, -0.25) is 9.78 Å². The highest BCUT2D eigenvalue weighted by Gasteiger charge is 2.56. The first-order chi connectivity index (χ1) is 16.3. The molecule has 0 unspecified atom stereocenters. The zero-order valence-electron chi connectivity index (χ0n) is 19.7. The first-order valence-corrected chi connectivity index (χ1v) is 12.6. The fraction of sp³-hybridized carbons (Fsp3) is 0.760. The van der Waals surface area contributed by atoms with Crippen molar-refractivity contribution in [1.29, 1.82) is 0 Å². The lowest BCUT2D eigenvalue weighted by atomic mass is 9.78. The fourth-order valence-electron chi connectivity index (χ4n) is 6.77. The first-order valence-electron chi connectivity index (χ1n) is 12.6. The van der Waals surface area contributed by atoms with Crippen LogP contribution >= 0.6 is 0 Å². The molecule has 3 heterocycles. The monoisotopic (exact) mass is 481 g/mol. The summed E-state index contributed by atoms with van der Waals surface area (Å²) in [6.45, 7) is 4.66. The minimum absolute atomic E-state index is 0.0276. The van der Waals surface area contributed by atoms with E-state index in [1.54, 1.807) is 4.90 Å². The normalized spacial score (nSPS) is 33.6. The summed E-state index contributed by atoms with van der Waals surface area (Å²) in [4.78, 5) is 19.8. The number of carbonyl (C=O) groups excluding carboxylic acids is 1. The maximum absolute atomic E-state index is 13.9. The number of rotatable bonds is 5. The largest absolute Gasteiger partial charge is 0.417 e. The molecule has 188 valence electrons. The van der Waals surface area contributed by atoms with Crippen molar-refractivity contribution in [2.24, 2.45) is 11.3 Å². The van der Waals surface area contributed by atoms with E-state index in [0.717, 1.165) is 44.7 Å². The van der Waals surface area contributed by atoms with E-state index >= 15 is 0 Å². The zero-order chi connectivity index (χ0) is 23.9. The molecular weight excluding hydrogens is 447 g/mol. The van der Waals surface area contributed by atoms with Gasteiger partial charge in [0.1, 0.15) is 0 Å². The van der Waals surface area contributed by atoms with Gasteiger partial charge >= 0.3 is 6.18 Å². The van der Waals surface area contributed by atoms with Crippen molar-refractivity contribution in [3.8, 4) is 0 Å². The highest BCUT2D eigenvalue weighted by atomic mass is 19.4. The Bertz CT molecular complexity index is 909. The topological polar surface area (TPSA) is 63.7 Å². The van der Waals surface area contributed by atoms with Gasteiger partial charge in [0.05, 0.1) is 23.7 Å². The quantitative estimate of drug-likeness (QED) is 0.695. The van der Waals surface area contributed by atoms with E-state index in [0.29, 0.717) is 50.0 Å². The van der Waals surface area contributed by atoms with Gasteiger partial charge in [0.25, 0.3) is 0 Å². The number of pyridine rings is 1. The molecule has 0 radical (unpaired) electrons. The third-order valence-electron chi connectivity index (χ3n) is 8.35. The molecule has 1 amide bonds. The van der Waals surface area contributed by atoms with E-state index in [2.05, 4.69) is 10.3 Å². The standard InChI is InChI=1S/C25H34F3N3O3/c1-2-34-22-15-33-9-6-21(22)30-19-11-17-4-3-7-24(17,12-19)23(32)31-8-5-20-16(14-31)10-18(13-29-20)25(26,27)28/h10,13,17,19,21-22,30H,2-9,11-12,14-15H2,1H3/t17-,19-,21+,22+,24-/m1/s1. The number of fused-ring (bicyclic) bond motifs is 2. The van der Waals surface area contributed by atoms with Crippen LogP contribution in [-0.4, -0.2) is 60.3 Å². The van der Waals surface area contributed by atoms with Crippen LogP contribution in [0.3, 0.4) is 0 Å². The number of amides is 1. The highest BCUT2D eigenvalue weighted by molar-refractivity contribution is 5.84. The van der Waals surface area contributed by atoms with E-state index in [4.69, 9.17) is 9.47 Å². The van der Waals surface area contributed by atoms with Crippen LogP contribution in [0.25, 0.3) is 0 Å². The van der Waals surface area contributed by atoms with Crippen molar-refractivity contribution in [1.82, 2.24) is 15.2 Å². The molecule has 4 aliphatic rings. The number of hydrogen-bond donors (Lipinski definition) is 1. The van der Waals surface area contributed by atoms with Crippen LogP contribution in [-0.2, 0) is 33.4 Å². The maximum Gasteiger partial charge on any atom is 0.417 e. The minimum atomic E-state index is -4.43. The molecule has 9 heteroatoms. The maximum atomic E-state index is 13.9. The Morgan fingerprint density at radius 2 is 2.24 bits per heavy atom. The first kappa shape index (κ1) is 24.0. The molecule has 1 N–H and O–H groups in total. The SMILES string of the molecule is CCO[C@H]1COCC[C@@H]1N[C@@H]1C[C@H]2CCC[C@@]2(C(=O)N2CCc3ncc(C(F)(F)F)cc3C2)C1. The van der Waals surface area contributed by atoms with Crippen LogP contribution in [0.1, 0.15) is 62.3 Å². The number of nitrogens with one attached hydrogen (secondary N) is 1. The molecule has 2 aliphatic heterocycles. The van der Waals surface area contributed by atoms with Crippen molar-refractivity contribution < 1.29 is 27.4 Å². The molecule has 6 nitrogen and oxygen atoms in total. The summed E-state index contributed by atoms with van der Waals surface area (Å²) in [5.74, 6) is 0.444. The van der Waals surface area contributed by atoms with Gasteiger partial charge in [-0.05, 0) is 56.6 Å². The average Bonchev–Trinajstić information content (AvgIpc) is 3.36. The van der Waals surface area contributed by atoms with Gasteiger partial charge in [-0.1, -0.05) is 6.42 Å². The molecule has 0 bridgehead atoms. The molecular formula is C25H34F3N3O3. The van der Waals surface area contributed by atoms with Crippen molar-refractivity contribution in [2.45, 2.75) is 82.8 Å². The summed E-state index contributed by atoms with van der Waals surface area (Å²) >= 11 is 0. The third-order valence-corrected chi connectivity index (χ3v) is 8.35. The number of aromatic nitrogens is 1. The fourth-order valence-corrected chi connectivity index (χ4v) is 6.77. The van der Waals surface area contributed by atoms with Crippen LogP contribution in [0, 0.1) is 11.3 Å². The Labute approximate surface area is 198 Å². The zero-order valence-corrected chi connectivity index (χ0v) is 19.7. The third kappa shape index (κ3) is 4.46. The molecule has 34 heavy (non-hydrogen) atoms. The van der Waals surface area contributed by atoms with E-state index in [-0.39, 0.29) is 30.6 Å². The number of carbonyl (C=O) groups is 1. The van der Waals surface area contributed by atoms with Gasteiger partial charge in [-0.2, -0.15) is 13.2 Å². The van der Waals surface area contributed by atoms with E-state index in [9.17, 15) is 18.0 Å². The van der Waals surface area contributed by atoms with Crippen LogP contribution in [0.15, 0.2) is 12.3 Å². The van der Waals surface area contributed by atoms with Crippen molar-refractivity contribution in [3.63, 3.8) is 0 Å². The Morgan fingerprint density at radius 3 is 3.03 bits per heavy atom. The van der Waals surface area contributed by atoms with Gasteiger partial charge < -0.3 is 19.7 Å². The Hall–Kier alpha value is -1.71. The predicted octanol–water partition coefficient (Wildman–Crippen LogP) is 3.72. The van der Waals surface area contributed by atoms with Gasteiger partial charge in [0.2, 0.25) is 5.91 Å². The molecule has 3 fully saturated rings. The molecule has 5 rings (SSSR count). The molecule has 1 aromatic heterocycles. The minimum Gasteiger partial charge on any atom is -0.379 e. The second kappa shape index (κ2) is 9.39. The Morgan fingerprint density at radius 1 is 1.38 bits per heavy atom. The van der Waals surface area contributed by atoms with Crippen LogP contribution < -0.4 is 5.32 Å². The number of ether oxygens (including phenoxy) is 2. The van der Waals surface area contributed by atoms with E-state index < -0.39 is 17.2 Å². The van der Waals surface area contributed by atoms with Gasteiger partial charge in [-0.15, -0.1) is 0 Å². The van der Waals surface area contributed by atoms with Crippen LogP contribution in [0.5, 0.6) is 0 Å². The van der Waals surface area contributed by atoms with Crippen molar-refractivity contribution in [2.75, 3.05) is 26.4 Å². The van der Waals surface area contributed by atoms with Gasteiger partial charge in [-0.25, -0.2) is 0 Å². The molecule has 0 aromatic carbocycles. The molecule has 1 aromatic rings. The molecule has 1 saturated heterocycles. The lowest BCUT2D eigenvalue weighted by Gasteiger charge is -2.38. The number of nitrogens with zero attached hydrogens (tertiary/aromatic N) is 2. The summed E-state index contributed by atoms with van der Waals surface area (Å²) in [7, 11) is 0. The second-order valence-electron chi connectivity index (χ2n) is 10.3. The lowest BCUT2D eigenvalue weighted by Crippen LogP contribution is -2.51. The van der Waals surface area contributed by atoms with Crippen molar-refractivity contribution >= 4 is 5.91 Å². The summed E-state index contributed by atoms with van der Waals surface area (Å²) in [5, 5.41) is 3.79. The lowest BCUT2D eigenvalue weighted by molar-refractivity contribution is -0.144. The molecule has 2 saturated carbocycles. The van der Waals surface area contributed by atoms with E-state index in [1.165, 1.54) is 6.07 Å². The number of halogens is 3. The highest BCUT2D eigenvalue weighted by Crippen LogP contribution is 2.55. The smallest absolute Gasteiger partial charge is 0.379 e. The van der Waals surface area contributed by atoms with Gasteiger partial charge in [0, 0.05) is 56.7 Å². The molecule has 2 aliphatic carbocycles. The van der Waals surface area contributed by atoms with Crippen LogP contribution in [0.2, 0.25) is 0 Å². The van der Waals surface area contributed by atoms with Crippen molar-refractivity contribution in [3.05, 3.63) is 29.1 Å². The molecule has 5 atom stereocenters. The van der Waals surface area contributed by atoms with E-state index in [1.807, 2.05) is 6.92 Å². The van der Waals surface area contributed by atoms with Gasteiger partial charge in [0.15, 0.2) is 0 Å². The number of alkyl halides is 3. The number of hydrogen-bond acceptors (Lipinski definition) is 5. The molecule has 0 spiro atoms. The Balaban J connectivity index is 1.30.